The van der Waals surface area contributed by atoms with Crippen molar-refractivity contribution in [3.05, 3.63) is 99.7 Å². The van der Waals surface area contributed by atoms with Crippen LogP contribution in [0.2, 0.25) is 0 Å². The number of hydrogen-bond acceptors (Lipinski definition) is 9. The lowest BCUT2D eigenvalue weighted by Gasteiger charge is -2.38. The second kappa shape index (κ2) is 15.0. The van der Waals surface area contributed by atoms with E-state index in [0.717, 1.165) is 56.7 Å². The van der Waals surface area contributed by atoms with Crippen LogP contribution in [-0.4, -0.2) is 84.6 Å². The van der Waals surface area contributed by atoms with E-state index in [2.05, 4.69) is 19.9 Å². The van der Waals surface area contributed by atoms with Crippen LogP contribution in [0.15, 0.2) is 53.1 Å². The zero-order valence-corrected chi connectivity index (χ0v) is 33.9. The number of aryl methyl sites for hydroxylation is 2. The molecular weight excluding hydrogens is 787 g/mol. The van der Waals surface area contributed by atoms with Gasteiger partial charge in [-0.3, -0.25) is 34.2 Å². The quantitative estimate of drug-likeness (QED) is 0.201. The monoisotopic (exact) mass is 830 g/mol. The number of benzene rings is 3. The van der Waals surface area contributed by atoms with Crippen molar-refractivity contribution in [2.75, 3.05) is 24.5 Å². The minimum absolute atomic E-state index is 0.0149. The molecule has 2 aromatic heterocycles. The van der Waals surface area contributed by atoms with Gasteiger partial charge in [0.05, 0.1) is 29.3 Å². The lowest BCUT2D eigenvalue weighted by atomic mass is 9.98. The van der Waals surface area contributed by atoms with Gasteiger partial charge in [-0.1, -0.05) is 17.3 Å². The molecule has 7 heterocycles. The SMILES string of the molecule is Cc1noc(C)c1-c1ccc2c(c1)nc([C@@H]1CCCC(=O)N1c1ccc(F)c(F)c1)n2C1CCN(C(=O)CN2Cc3cc4c(cc3C2)C(=O)N(C2CCC(=O)NC2=O)C4)CC1. The summed E-state index contributed by atoms with van der Waals surface area (Å²) in [5, 5.41) is 6.48. The van der Waals surface area contributed by atoms with E-state index in [1.54, 1.807) is 9.80 Å². The van der Waals surface area contributed by atoms with Gasteiger partial charge in [0.2, 0.25) is 23.6 Å². The van der Waals surface area contributed by atoms with Crippen LogP contribution < -0.4 is 10.2 Å². The number of carbonyl (C=O) groups is 5. The van der Waals surface area contributed by atoms with Crippen LogP contribution in [0.25, 0.3) is 22.2 Å². The summed E-state index contributed by atoms with van der Waals surface area (Å²) in [5.74, 6) is -1.82. The van der Waals surface area contributed by atoms with Crippen LogP contribution in [0, 0.1) is 25.5 Å². The van der Waals surface area contributed by atoms with Crippen molar-refractivity contribution in [2.45, 2.75) is 96.6 Å². The van der Waals surface area contributed by atoms with Crippen molar-refractivity contribution in [3.63, 3.8) is 0 Å². The van der Waals surface area contributed by atoms with Gasteiger partial charge >= 0.3 is 0 Å². The fraction of sp³-hybridized carbons (Fsp3) is 0.400. The average Bonchev–Trinajstić information content (AvgIpc) is 4.00. The molecule has 0 saturated carbocycles. The summed E-state index contributed by atoms with van der Waals surface area (Å²) in [4.78, 5) is 77.4. The first-order chi connectivity index (χ1) is 29.4. The normalized spacial score (nSPS) is 21.1. The second-order valence-electron chi connectivity index (χ2n) is 16.9. The third kappa shape index (κ3) is 6.76. The average molecular weight is 831 g/mol. The molecule has 5 amide bonds. The molecule has 0 bridgehead atoms. The summed E-state index contributed by atoms with van der Waals surface area (Å²) in [6.07, 6.45) is 3.26. The number of halogens is 2. The number of imidazole rings is 1. The zero-order chi connectivity index (χ0) is 42.3. The Kier molecular flexibility index (Phi) is 9.57. The minimum atomic E-state index is -1.03. The number of piperidine rings is 3. The highest BCUT2D eigenvalue weighted by Gasteiger charge is 2.41. The van der Waals surface area contributed by atoms with Gasteiger partial charge in [0.25, 0.3) is 5.91 Å². The topological polar surface area (TPSA) is 154 Å². The summed E-state index contributed by atoms with van der Waals surface area (Å²) in [6, 6.07) is 12.2. The number of anilines is 1. The molecule has 3 fully saturated rings. The predicted octanol–water partition coefficient (Wildman–Crippen LogP) is 5.78. The maximum absolute atomic E-state index is 14.6. The molecule has 14 nitrogen and oxygen atoms in total. The van der Waals surface area contributed by atoms with Crippen molar-refractivity contribution < 1.29 is 37.3 Å². The van der Waals surface area contributed by atoms with E-state index in [-0.39, 0.29) is 54.7 Å². The Hall–Kier alpha value is -6.29. The second-order valence-corrected chi connectivity index (χ2v) is 16.9. The number of carbonyl (C=O) groups excluding carboxylic acids is 5. The van der Waals surface area contributed by atoms with Crippen molar-refractivity contribution in [3.8, 4) is 11.1 Å². The number of amides is 5. The van der Waals surface area contributed by atoms with E-state index in [1.165, 1.54) is 6.07 Å². The zero-order valence-electron chi connectivity index (χ0n) is 33.9. The van der Waals surface area contributed by atoms with Gasteiger partial charge in [-0.2, -0.15) is 0 Å². The fourth-order valence-electron chi connectivity index (χ4n) is 10.2. The molecule has 3 aromatic carbocycles. The number of aromatic nitrogens is 3. The van der Waals surface area contributed by atoms with Gasteiger partial charge in [0.15, 0.2) is 11.6 Å². The Morgan fingerprint density at radius 1 is 0.852 bits per heavy atom. The number of fused-ring (bicyclic) bond motifs is 3. The molecule has 3 saturated heterocycles. The highest BCUT2D eigenvalue weighted by molar-refractivity contribution is 6.05. The lowest BCUT2D eigenvalue weighted by Crippen LogP contribution is -2.52. The van der Waals surface area contributed by atoms with Gasteiger partial charge in [-0.05, 0) is 98.5 Å². The summed E-state index contributed by atoms with van der Waals surface area (Å²) < 4.78 is 36.4. The van der Waals surface area contributed by atoms with Gasteiger partial charge in [0.1, 0.15) is 17.6 Å². The first kappa shape index (κ1) is 38.9. The fourth-order valence-corrected chi connectivity index (χ4v) is 10.2. The predicted molar refractivity (Wildman–Crippen MR) is 217 cm³/mol. The molecule has 314 valence electrons. The number of nitrogens with zero attached hydrogens (tertiary/aromatic N) is 7. The van der Waals surface area contributed by atoms with Gasteiger partial charge in [0, 0.05) is 74.5 Å². The van der Waals surface area contributed by atoms with Crippen molar-refractivity contribution in [1.29, 1.82) is 0 Å². The number of rotatable bonds is 7. The molecule has 5 aliphatic rings. The van der Waals surface area contributed by atoms with Crippen LogP contribution in [0.1, 0.15) is 101 Å². The van der Waals surface area contributed by atoms with E-state index in [9.17, 15) is 32.8 Å². The molecule has 61 heavy (non-hydrogen) atoms. The molecule has 0 spiro atoms. The summed E-state index contributed by atoms with van der Waals surface area (Å²) >= 11 is 0. The van der Waals surface area contributed by atoms with Crippen LogP contribution in [0.4, 0.5) is 14.5 Å². The maximum atomic E-state index is 14.6. The van der Waals surface area contributed by atoms with Crippen molar-refractivity contribution >= 4 is 46.3 Å². The van der Waals surface area contributed by atoms with E-state index in [0.29, 0.717) is 82.0 Å². The minimum Gasteiger partial charge on any atom is -0.361 e. The first-order valence-electron chi connectivity index (χ1n) is 20.9. The number of hydrogen-bond donors (Lipinski definition) is 1. The van der Waals surface area contributed by atoms with E-state index in [4.69, 9.17) is 9.51 Å². The summed E-state index contributed by atoms with van der Waals surface area (Å²) in [5.41, 5.74) is 7.86. The molecule has 1 N–H and O–H groups in total. The van der Waals surface area contributed by atoms with Gasteiger partial charge in [-0.15, -0.1) is 0 Å². The highest BCUT2D eigenvalue weighted by Crippen LogP contribution is 2.41. The van der Waals surface area contributed by atoms with E-state index in [1.807, 2.05) is 49.1 Å². The molecule has 0 radical (unpaired) electrons. The van der Waals surface area contributed by atoms with Crippen molar-refractivity contribution in [1.82, 2.24) is 34.7 Å². The largest absolute Gasteiger partial charge is 0.361 e. The molecule has 10 rings (SSSR count). The molecule has 0 aliphatic carbocycles. The van der Waals surface area contributed by atoms with Crippen LogP contribution >= 0.6 is 0 Å². The van der Waals surface area contributed by atoms with Gasteiger partial charge in [-0.25, -0.2) is 13.8 Å². The van der Waals surface area contributed by atoms with Crippen LogP contribution in [0.3, 0.4) is 0 Å². The van der Waals surface area contributed by atoms with Crippen LogP contribution in [-0.2, 0) is 38.8 Å². The Labute approximate surface area is 349 Å². The van der Waals surface area contributed by atoms with E-state index >= 15 is 0 Å². The maximum Gasteiger partial charge on any atom is 0.255 e. The number of imide groups is 1. The first-order valence-corrected chi connectivity index (χ1v) is 20.9. The Morgan fingerprint density at radius 2 is 1.64 bits per heavy atom. The molecule has 2 atom stereocenters. The summed E-state index contributed by atoms with van der Waals surface area (Å²) in [7, 11) is 0. The highest BCUT2D eigenvalue weighted by atomic mass is 19.2. The molecule has 5 aliphatic heterocycles. The molecule has 1 unspecified atom stereocenters. The van der Waals surface area contributed by atoms with E-state index < -0.39 is 29.6 Å². The lowest BCUT2D eigenvalue weighted by molar-refractivity contribution is -0.137. The molecular formula is C45H44F2N8O6. The smallest absolute Gasteiger partial charge is 0.255 e. The number of likely N-dealkylation sites (tertiary alicyclic amines) is 1. The molecule has 16 heteroatoms. The summed E-state index contributed by atoms with van der Waals surface area (Å²) in [6.45, 7) is 6.38. The third-order valence-corrected chi connectivity index (χ3v) is 13.1. The molecule has 5 aromatic rings. The Morgan fingerprint density at radius 3 is 2.38 bits per heavy atom. The standard InChI is InChI=1S/C45H44F2N8O6/c1-24-42(25(2)61-50-24)26-6-9-36-35(18-26)48-43(37-4-3-5-40(57)54(37)31-7-8-33(46)34(47)19-31)55(36)30-12-14-52(15-13-30)41(58)23-51-20-27-16-29-22-53(38-10-11-39(56)49-44(38)59)45(60)32(29)17-28(27)21-51/h6-9,16-19,30,37-38H,3-5,10-15,20-23H2,1-2H3,(H,49,56,59)/t37-,38?/m0/s1. The number of nitrogens with one attached hydrogen (secondary N) is 1. The Balaban J connectivity index is 0.868. The van der Waals surface area contributed by atoms with Gasteiger partial charge < -0.3 is 23.8 Å². The Bertz CT molecular complexity index is 2660. The third-order valence-electron chi connectivity index (χ3n) is 13.1. The van der Waals surface area contributed by atoms with Crippen molar-refractivity contribution in [2.24, 2.45) is 0 Å². The van der Waals surface area contributed by atoms with Crippen LogP contribution in [0.5, 0.6) is 0 Å².